The third kappa shape index (κ3) is 3.60. The average molecular weight is 459 g/mol. The summed E-state index contributed by atoms with van der Waals surface area (Å²) in [6, 6.07) is 5.92. The Morgan fingerprint density at radius 3 is 2.71 bits per heavy atom. The smallest absolute Gasteiger partial charge is 0.231 e. The SMILES string of the molecule is CNc1ncc(-c2nc3ccc(N4CCOCC4)cn3n2)c2cc(NC(=O)C3(C)CC3)ncc12. The Labute approximate surface area is 196 Å². The molecule has 0 unspecified atom stereocenters. The van der Waals surface area contributed by atoms with E-state index in [-0.39, 0.29) is 11.3 Å². The number of rotatable bonds is 5. The fourth-order valence-electron chi connectivity index (χ4n) is 4.26. The number of fused-ring (bicyclic) bond motifs is 2. The van der Waals surface area contributed by atoms with Gasteiger partial charge in [-0.1, -0.05) is 6.92 Å². The van der Waals surface area contributed by atoms with Crippen molar-refractivity contribution in [1.82, 2.24) is 24.6 Å². The van der Waals surface area contributed by atoms with E-state index in [2.05, 4.69) is 31.6 Å². The minimum Gasteiger partial charge on any atom is -0.378 e. The Kier molecular flexibility index (Phi) is 4.84. The van der Waals surface area contributed by atoms with Crippen LogP contribution >= 0.6 is 0 Å². The molecule has 1 amide bonds. The van der Waals surface area contributed by atoms with Crippen molar-refractivity contribution in [3.8, 4) is 11.4 Å². The summed E-state index contributed by atoms with van der Waals surface area (Å²) in [5, 5.41) is 12.6. The zero-order valence-corrected chi connectivity index (χ0v) is 19.2. The van der Waals surface area contributed by atoms with Gasteiger partial charge in [-0.2, -0.15) is 0 Å². The second-order valence-electron chi connectivity index (χ2n) is 9.13. The summed E-state index contributed by atoms with van der Waals surface area (Å²) in [7, 11) is 1.82. The van der Waals surface area contributed by atoms with Gasteiger partial charge in [0.1, 0.15) is 11.6 Å². The minimum absolute atomic E-state index is 0.00490. The summed E-state index contributed by atoms with van der Waals surface area (Å²) in [6.45, 7) is 5.13. The summed E-state index contributed by atoms with van der Waals surface area (Å²) in [5.74, 6) is 1.79. The molecule has 34 heavy (non-hydrogen) atoms. The molecule has 4 aromatic rings. The van der Waals surface area contributed by atoms with Gasteiger partial charge in [-0.25, -0.2) is 19.5 Å². The molecule has 2 fully saturated rings. The van der Waals surface area contributed by atoms with E-state index in [9.17, 15) is 4.79 Å². The lowest BCUT2D eigenvalue weighted by molar-refractivity contribution is -0.120. The standard InChI is InChI=1S/C24H26N8O2/c1-24(5-6-24)23(33)28-19-11-16-17(12-26-19)21(25-2)27-13-18(16)22-29-20-4-3-15(14-32(20)30-22)31-7-9-34-10-8-31/h3-4,11-14H,5-10H2,1-2H3,(H,25,27)(H,26,28,33). The lowest BCUT2D eigenvalue weighted by atomic mass is 10.1. The highest BCUT2D eigenvalue weighted by Crippen LogP contribution is 2.45. The molecule has 10 nitrogen and oxygen atoms in total. The number of morpholine rings is 1. The Balaban J connectivity index is 1.41. The number of anilines is 3. The van der Waals surface area contributed by atoms with E-state index in [4.69, 9.17) is 14.8 Å². The first kappa shape index (κ1) is 20.8. The molecule has 5 heterocycles. The lowest BCUT2D eigenvalue weighted by Crippen LogP contribution is -2.36. The van der Waals surface area contributed by atoms with Crippen LogP contribution in [0.4, 0.5) is 17.3 Å². The van der Waals surface area contributed by atoms with E-state index in [0.717, 1.165) is 66.8 Å². The number of hydrogen-bond donors (Lipinski definition) is 2. The van der Waals surface area contributed by atoms with Crippen molar-refractivity contribution in [1.29, 1.82) is 0 Å². The first-order valence-electron chi connectivity index (χ1n) is 11.5. The van der Waals surface area contributed by atoms with Crippen LogP contribution < -0.4 is 15.5 Å². The minimum atomic E-state index is -0.283. The molecular formula is C24H26N8O2. The van der Waals surface area contributed by atoms with Crippen molar-refractivity contribution in [3.63, 3.8) is 0 Å². The second-order valence-corrected chi connectivity index (χ2v) is 9.13. The maximum atomic E-state index is 12.6. The first-order chi connectivity index (χ1) is 16.5. The van der Waals surface area contributed by atoms with Crippen molar-refractivity contribution < 1.29 is 9.53 Å². The lowest BCUT2D eigenvalue weighted by Gasteiger charge is -2.28. The Morgan fingerprint density at radius 1 is 1.12 bits per heavy atom. The Bertz CT molecular complexity index is 1410. The van der Waals surface area contributed by atoms with Crippen LogP contribution in [0.1, 0.15) is 19.8 Å². The molecule has 1 saturated carbocycles. The van der Waals surface area contributed by atoms with Gasteiger partial charge in [0.25, 0.3) is 0 Å². The highest BCUT2D eigenvalue weighted by Gasteiger charge is 2.45. The molecule has 6 rings (SSSR count). The van der Waals surface area contributed by atoms with Gasteiger partial charge in [-0.15, -0.1) is 5.10 Å². The number of ether oxygens (including phenoxy) is 1. The van der Waals surface area contributed by atoms with E-state index in [1.165, 1.54) is 0 Å². The second kappa shape index (κ2) is 7.91. The number of aromatic nitrogens is 5. The van der Waals surface area contributed by atoms with Crippen molar-refractivity contribution in [2.45, 2.75) is 19.8 Å². The van der Waals surface area contributed by atoms with Gasteiger partial charge in [0, 0.05) is 54.3 Å². The van der Waals surface area contributed by atoms with Gasteiger partial charge in [0.2, 0.25) is 5.91 Å². The molecule has 0 radical (unpaired) electrons. The molecule has 1 saturated heterocycles. The molecule has 1 aliphatic carbocycles. The van der Waals surface area contributed by atoms with E-state index >= 15 is 0 Å². The maximum absolute atomic E-state index is 12.6. The number of carbonyl (C=O) groups is 1. The molecular weight excluding hydrogens is 432 g/mol. The molecule has 2 N–H and O–H groups in total. The van der Waals surface area contributed by atoms with Crippen molar-refractivity contribution in [3.05, 3.63) is 36.8 Å². The number of hydrogen-bond acceptors (Lipinski definition) is 8. The highest BCUT2D eigenvalue weighted by molar-refractivity contribution is 6.03. The number of nitrogens with one attached hydrogen (secondary N) is 2. The number of carbonyl (C=O) groups excluding carboxylic acids is 1. The van der Waals surface area contributed by atoms with Crippen LogP contribution in [0.15, 0.2) is 36.8 Å². The van der Waals surface area contributed by atoms with Crippen LogP contribution in [0.5, 0.6) is 0 Å². The fraction of sp³-hybridized carbons (Fsp3) is 0.375. The zero-order chi connectivity index (χ0) is 23.3. The summed E-state index contributed by atoms with van der Waals surface area (Å²) in [4.78, 5) is 28.6. The normalized spacial score (nSPS) is 17.2. The van der Waals surface area contributed by atoms with Crippen LogP contribution in [0, 0.1) is 5.41 Å². The van der Waals surface area contributed by atoms with Crippen molar-refractivity contribution >= 4 is 39.6 Å². The van der Waals surface area contributed by atoms with Crippen molar-refractivity contribution in [2.24, 2.45) is 5.41 Å². The zero-order valence-electron chi connectivity index (χ0n) is 19.2. The molecule has 174 valence electrons. The predicted octanol–water partition coefficient (Wildman–Crippen LogP) is 2.96. The largest absolute Gasteiger partial charge is 0.378 e. The Morgan fingerprint density at radius 2 is 1.94 bits per heavy atom. The van der Waals surface area contributed by atoms with E-state index < -0.39 is 0 Å². The molecule has 4 aromatic heterocycles. The third-order valence-electron chi connectivity index (χ3n) is 6.73. The van der Waals surface area contributed by atoms with E-state index in [1.54, 1.807) is 16.9 Å². The monoisotopic (exact) mass is 458 g/mol. The summed E-state index contributed by atoms with van der Waals surface area (Å²) < 4.78 is 7.27. The molecule has 1 aliphatic heterocycles. The number of nitrogens with zero attached hydrogens (tertiary/aromatic N) is 6. The van der Waals surface area contributed by atoms with E-state index in [1.807, 2.05) is 32.3 Å². The van der Waals surface area contributed by atoms with Crippen LogP contribution in [0.25, 0.3) is 27.8 Å². The van der Waals surface area contributed by atoms with Crippen LogP contribution in [-0.4, -0.2) is 63.8 Å². The number of pyridine rings is 3. The average Bonchev–Trinajstić information content (AvgIpc) is 3.48. The van der Waals surface area contributed by atoms with Crippen LogP contribution in [0.3, 0.4) is 0 Å². The predicted molar refractivity (Wildman–Crippen MR) is 130 cm³/mol. The van der Waals surface area contributed by atoms with Gasteiger partial charge < -0.3 is 20.3 Å². The van der Waals surface area contributed by atoms with Gasteiger partial charge >= 0.3 is 0 Å². The van der Waals surface area contributed by atoms with E-state index in [0.29, 0.717) is 17.5 Å². The summed E-state index contributed by atoms with van der Waals surface area (Å²) >= 11 is 0. The molecule has 0 atom stereocenters. The highest BCUT2D eigenvalue weighted by atomic mass is 16.5. The molecule has 10 heteroatoms. The Hall–Kier alpha value is -3.79. The molecule has 2 aliphatic rings. The van der Waals surface area contributed by atoms with Gasteiger partial charge in [-0.3, -0.25) is 4.79 Å². The summed E-state index contributed by atoms with van der Waals surface area (Å²) in [5.41, 5.74) is 2.33. The van der Waals surface area contributed by atoms with Gasteiger partial charge in [0.15, 0.2) is 11.5 Å². The molecule has 0 aromatic carbocycles. The third-order valence-corrected chi connectivity index (χ3v) is 6.73. The van der Waals surface area contributed by atoms with Gasteiger partial charge in [-0.05, 0) is 31.0 Å². The van der Waals surface area contributed by atoms with Crippen molar-refractivity contribution in [2.75, 3.05) is 48.9 Å². The maximum Gasteiger partial charge on any atom is 0.231 e. The molecule has 0 bridgehead atoms. The summed E-state index contributed by atoms with van der Waals surface area (Å²) in [6.07, 6.45) is 7.30. The quantitative estimate of drug-likeness (QED) is 0.470. The number of amides is 1. The van der Waals surface area contributed by atoms with Gasteiger partial charge in [0.05, 0.1) is 25.1 Å². The fourth-order valence-corrected chi connectivity index (χ4v) is 4.26. The van der Waals surface area contributed by atoms with Crippen LogP contribution in [0.2, 0.25) is 0 Å². The molecule has 0 spiro atoms. The first-order valence-corrected chi connectivity index (χ1v) is 11.5. The topological polar surface area (TPSA) is 110 Å². The van der Waals surface area contributed by atoms with Crippen LogP contribution in [-0.2, 0) is 9.53 Å².